The Morgan fingerprint density at radius 1 is 1.44 bits per heavy atom. The number of allylic oxidation sites excluding steroid dienone is 3. The van der Waals surface area contributed by atoms with Gasteiger partial charge in [0.25, 0.3) is 0 Å². The van der Waals surface area contributed by atoms with Crippen molar-refractivity contribution >= 4 is 0 Å². The smallest absolute Gasteiger partial charge is 0.117 e. The van der Waals surface area contributed by atoms with E-state index in [9.17, 15) is 0 Å². The number of nitrogens with one attached hydrogen (secondary N) is 1. The lowest BCUT2D eigenvalue weighted by molar-refractivity contribution is 0.0546. The Labute approximate surface area is 109 Å². The molecular weight excluding hydrogens is 226 g/mol. The van der Waals surface area contributed by atoms with Crippen molar-refractivity contribution in [2.45, 2.75) is 25.9 Å². The van der Waals surface area contributed by atoms with Crippen molar-refractivity contribution in [2.75, 3.05) is 26.8 Å². The Balaban J connectivity index is 1.81. The van der Waals surface area contributed by atoms with Crippen molar-refractivity contribution in [3.8, 4) is 11.8 Å². The van der Waals surface area contributed by atoms with Crippen molar-refractivity contribution in [3.05, 3.63) is 24.0 Å². The van der Waals surface area contributed by atoms with Gasteiger partial charge >= 0.3 is 0 Å². The molecule has 3 heteroatoms. The van der Waals surface area contributed by atoms with Crippen LogP contribution in [0.5, 0.6) is 0 Å². The van der Waals surface area contributed by atoms with Gasteiger partial charge in [-0.2, -0.15) is 0 Å². The molecule has 0 amide bonds. The van der Waals surface area contributed by atoms with Crippen LogP contribution in [0, 0.1) is 17.3 Å². The summed E-state index contributed by atoms with van der Waals surface area (Å²) in [6, 6.07) is 0. The van der Waals surface area contributed by atoms with E-state index in [0.717, 1.165) is 31.7 Å². The lowest BCUT2D eigenvalue weighted by Crippen LogP contribution is -2.32. The van der Waals surface area contributed by atoms with Crippen LogP contribution in [0.15, 0.2) is 24.0 Å². The van der Waals surface area contributed by atoms with Gasteiger partial charge in [-0.25, -0.2) is 0 Å². The van der Waals surface area contributed by atoms with Crippen molar-refractivity contribution in [3.63, 3.8) is 0 Å². The van der Waals surface area contributed by atoms with Crippen LogP contribution in [0.3, 0.4) is 0 Å². The lowest BCUT2D eigenvalue weighted by Gasteiger charge is -2.22. The third-order valence-corrected chi connectivity index (χ3v) is 3.43. The fourth-order valence-corrected chi connectivity index (χ4v) is 2.31. The summed E-state index contributed by atoms with van der Waals surface area (Å²) >= 11 is 0. The molecule has 0 radical (unpaired) electrons. The highest BCUT2D eigenvalue weighted by atomic mass is 16.5. The van der Waals surface area contributed by atoms with E-state index in [2.05, 4.69) is 30.2 Å². The summed E-state index contributed by atoms with van der Waals surface area (Å²) in [4.78, 5) is 0. The number of piperidine rings is 1. The number of hydrogen-bond acceptors (Lipinski definition) is 3. The zero-order valence-electron chi connectivity index (χ0n) is 11.2. The molecule has 0 aromatic carbocycles. The van der Waals surface area contributed by atoms with Crippen molar-refractivity contribution in [2.24, 2.45) is 5.41 Å². The van der Waals surface area contributed by atoms with E-state index >= 15 is 0 Å². The first kappa shape index (κ1) is 13.2. The highest BCUT2D eigenvalue weighted by Gasteiger charge is 2.27. The number of ether oxygens (including phenoxy) is 2. The van der Waals surface area contributed by atoms with Crippen LogP contribution in [-0.2, 0) is 9.47 Å². The van der Waals surface area contributed by atoms with Crippen LogP contribution in [-0.4, -0.2) is 32.9 Å². The number of hydrogen-bond donors (Lipinski definition) is 1. The largest absolute Gasteiger partial charge is 0.499 e. The number of rotatable bonds is 3. The Hall–Kier alpha value is -1.24. The van der Waals surface area contributed by atoms with E-state index in [1.54, 1.807) is 7.11 Å². The maximum Gasteiger partial charge on any atom is 0.117 e. The molecule has 0 saturated carbocycles. The fourth-order valence-electron chi connectivity index (χ4n) is 2.31. The molecule has 1 aliphatic heterocycles. The minimum absolute atomic E-state index is 0.285. The summed E-state index contributed by atoms with van der Waals surface area (Å²) < 4.78 is 11.1. The summed E-state index contributed by atoms with van der Waals surface area (Å²) in [5, 5.41) is 3.32. The van der Waals surface area contributed by atoms with E-state index in [-0.39, 0.29) is 5.41 Å². The van der Waals surface area contributed by atoms with Crippen LogP contribution in [0.1, 0.15) is 19.8 Å². The highest BCUT2D eigenvalue weighted by molar-refractivity contribution is 5.38. The molecule has 2 aliphatic rings. The summed E-state index contributed by atoms with van der Waals surface area (Å²) in [6.07, 6.45) is 8.54. The minimum atomic E-state index is -0.285. The summed E-state index contributed by atoms with van der Waals surface area (Å²) in [5.41, 5.74) is -0.285. The molecule has 18 heavy (non-hydrogen) atoms. The normalized spacial score (nSPS) is 27.6. The average Bonchev–Trinajstić information content (AvgIpc) is 2.77. The zero-order chi connectivity index (χ0) is 12.8. The number of methoxy groups -OCH3 is 1. The molecule has 1 N–H and O–H groups in total. The molecule has 0 unspecified atom stereocenters. The van der Waals surface area contributed by atoms with Gasteiger partial charge in [0.15, 0.2) is 0 Å². The van der Waals surface area contributed by atoms with Crippen molar-refractivity contribution < 1.29 is 9.47 Å². The molecule has 3 nitrogen and oxygen atoms in total. The van der Waals surface area contributed by atoms with E-state index in [1.807, 2.05) is 12.2 Å². The van der Waals surface area contributed by atoms with Crippen LogP contribution < -0.4 is 5.32 Å². The van der Waals surface area contributed by atoms with Gasteiger partial charge in [0.05, 0.1) is 13.2 Å². The first-order valence-electron chi connectivity index (χ1n) is 6.51. The monoisotopic (exact) mass is 247 g/mol. The topological polar surface area (TPSA) is 30.5 Å². The second-order valence-corrected chi connectivity index (χ2v) is 4.86. The van der Waals surface area contributed by atoms with Gasteiger partial charge in [0.2, 0.25) is 0 Å². The zero-order valence-corrected chi connectivity index (χ0v) is 11.2. The maximum atomic E-state index is 5.76. The Morgan fingerprint density at radius 2 is 2.22 bits per heavy atom. The van der Waals surface area contributed by atoms with E-state index in [0.29, 0.717) is 12.7 Å². The third-order valence-electron chi connectivity index (χ3n) is 3.43. The first-order valence-corrected chi connectivity index (χ1v) is 6.51. The predicted octanol–water partition coefficient (Wildman–Crippen LogP) is 1.86. The van der Waals surface area contributed by atoms with Crippen molar-refractivity contribution in [1.82, 2.24) is 5.32 Å². The van der Waals surface area contributed by atoms with Crippen LogP contribution in [0.2, 0.25) is 0 Å². The molecule has 1 fully saturated rings. The van der Waals surface area contributed by atoms with Gasteiger partial charge in [0, 0.05) is 0 Å². The van der Waals surface area contributed by atoms with Crippen LogP contribution in [0.25, 0.3) is 0 Å². The minimum Gasteiger partial charge on any atom is -0.499 e. The van der Waals surface area contributed by atoms with Gasteiger partial charge in [-0.15, -0.1) is 0 Å². The standard InChI is InChI=1S/C15H21NO2/c1-15(8-3-5-14(15)17-2)9-4-12-18-13-6-10-16-11-7-13/h3,5,8,13,16H,6-7,10-12H2,1-2H3/t15-/m0/s1. The summed E-state index contributed by atoms with van der Waals surface area (Å²) in [5.74, 6) is 7.24. The fraction of sp³-hybridized carbons (Fsp3) is 0.600. The molecule has 0 bridgehead atoms. The van der Waals surface area contributed by atoms with Gasteiger partial charge in [-0.3, -0.25) is 0 Å². The third kappa shape index (κ3) is 3.16. The molecule has 1 atom stereocenters. The van der Waals surface area contributed by atoms with Crippen molar-refractivity contribution in [1.29, 1.82) is 0 Å². The molecule has 0 aromatic rings. The van der Waals surface area contributed by atoms with Gasteiger partial charge in [0.1, 0.15) is 17.8 Å². The second-order valence-electron chi connectivity index (χ2n) is 4.86. The van der Waals surface area contributed by atoms with Crippen LogP contribution >= 0.6 is 0 Å². The average molecular weight is 247 g/mol. The van der Waals surface area contributed by atoms with Gasteiger partial charge < -0.3 is 14.8 Å². The predicted molar refractivity (Wildman–Crippen MR) is 72.0 cm³/mol. The molecule has 1 saturated heterocycles. The summed E-state index contributed by atoms with van der Waals surface area (Å²) in [7, 11) is 1.68. The second kappa shape index (κ2) is 6.08. The molecule has 1 aliphatic carbocycles. The van der Waals surface area contributed by atoms with E-state index < -0.39 is 0 Å². The maximum absolute atomic E-state index is 5.76. The SMILES string of the molecule is COC1=CC=C[C@@]1(C)C#CCOC1CCNCC1. The Kier molecular flexibility index (Phi) is 4.46. The molecule has 0 spiro atoms. The Morgan fingerprint density at radius 3 is 2.94 bits per heavy atom. The first-order chi connectivity index (χ1) is 8.74. The van der Waals surface area contributed by atoms with E-state index in [4.69, 9.17) is 9.47 Å². The lowest BCUT2D eigenvalue weighted by atomic mass is 9.92. The molecule has 1 heterocycles. The van der Waals surface area contributed by atoms with Crippen LogP contribution in [0.4, 0.5) is 0 Å². The molecule has 98 valence electrons. The molecular formula is C15H21NO2. The quantitative estimate of drug-likeness (QED) is 0.772. The molecule has 2 rings (SSSR count). The highest BCUT2D eigenvalue weighted by Crippen LogP contribution is 2.32. The van der Waals surface area contributed by atoms with E-state index in [1.165, 1.54) is 0 Å². The van der Waals surface area contributed by atoms with Gasteiger partial charge in [-0.05, 0) is 38.9 Å². The Bertz CT molecular complexity index is 396. The summed E-state index contributed by atoms with van der Waals surface area (Å²) in [6.45, 7) is 4.67. The van der Waals surface area contributed by atoms with Gasteiger partial charge in [-0.1, -0.05) is 24.0 Å². The molecule has 0 aromatic heterocycles.